The highest BCUT2D eigenvalue weighted by Crippen LogP contribution is 2.18. The van der Waals surface area contributed by atoms with Crippen molar-refractivity contribution in [1.29, 1.82) is 0 Å². The van der Waals surface area contributed by atoms with Gasteiger partial charge in [-0.1, -0.05) is 6.07 Å². The van der Waals surface area contributed by atoms with Gasteiger partial charge in [-0.2, -0.15) is 0 Å². The summed E-state index contributed by atoms with van der Waals surface area (Å²) in [6, 6.07) is 3.86. The van der Waals surface area contributed by atoms with Gasteiger partial charge in [0.1, 0.15) is 0 Å². The van der Waals surface area contributed by atoms with Crippen molar-refractivity contribution in [2.24, 2.45) is 0 Å². The smallest absolute Gasteiger partial charge is 0.407 e. The molecule has 1 fully saturated rings. The number of pyridine rings is 1. The van der Waals surface area contributed by atoms with Crippen molar-refractivity contribution >= 4 is 6.09 Å². The van der Waals surface area contributed by atoms with Crippen LogP contribution in [0.4, 0.5) is 4.79 Å². The van der Waals surface area contributed by atoms with E-state index in [2.05, 4.69) is 10.3 Å². The summed E-state index contributed by atoms with van der Waals surface area (Å²) >= 11 is 0. The molecule has 1 atom stereocenters. The molecule has 0 radical (unpaired) electrons. The van der Waals surface area contributed by atoms with Gasteiger partial charge in [0.15, 0.2) is 0 Å². The Kier molecular flexibility index (Phi) is 2.12. The van der Waals surface area contributed by atoms with E-state index in [0.29, 0.717) is 6.61 Å². The molecule has 0 spiro atoms. The summed E-state index contributed by atoms with van der Waals surface area (Å²) in [5.41, 5.74) is 1.03. The summed E-state index contributed by atoms with van der Waals surface area (Å²) < 4.78 is 4.76. The zero-order chi connectivity index (χ0) is 9.10. The van der Waals surface area contributed by atoms with Crippen LogP contribution >= 0.6 is 0 Å². The number of hydrogen-bond acceptors (Lipinski definition) is 3. The van der Waals surface area contributed by atoms with E-state index in [1.807, 2.05) is 12.1 Å². The van der Waals surface area contributed by atoms with E-state index in [4.69, 9.17) is 4.74 Å². The summed E-state index contributed by atoms with van der Waals surface area (Å²) in [6.45, 7) is 0.478. The molecule has 4 nitrogen and oxygen atoms in total. The third kappa shape index (κ3) is 1.77. The highest BCUT2D eigenvalue weighted by Gasteiger charge is 2.20. The number of ether oxygens (including phenoxy) is 1. The minimum absolute atomic E-state index is 0.0509. The Balaban J connectivity index is 2.13. The standard InChI is InChI=1S/C9H10N2O2/c12-9-11-8(3-5-13-9)7-2-1-4-10-6-7/h1-2,4,6,8H,3,5H2,(H,11,12)/t8-/m1/s1. The van der Waals surface area contributed by atoms with Crippen LogP contribution in [0, 0.1) is 0 Å². The molecule has 0 aliphatic carbocycles. The monoisotopic (exact) mass is 178 g/mol. The van der Waals surface area contributed by atoms with Gasteiger partial charge in [0, 0.05) is 18.8 Å². The molecule has 1 aliphatic rings. The van der Waals surface area contributed by atoms with Crippen molar-refractivity contribution in [2.75, 3.05) is 6.61 Å². The number of carbonyl (C=O) groups is 1. The molecule has 2 rings (SSSR count). The first kappa shape index (κ1) is 8.04. The van der Waals surface area contributed by atoms with Gasteiger partial charge in [-0.15, -0.1) is 0 Å². The van der Waals surface area contributed by atoms with Gasteiger partial charge < -0.3 is 10.1 Å². The molecule has 1 amide bonds. The normalized spacial score (nSPS) is 21.8. The molecular weight excluding hydrogens is 168 g/mol. The lowest BCUT2D eigenvalue weighted by Crippen LogP contribution is -2.35. The lowest BCUT2D eigenvalue weighted by molar-refractivity contribution is 0.115. The average Bonchev–Trinajstić information content (AvgIpc) is 2.19. The van der Waals surface area contributed by atoms with E-state index in [1.165, 1.54) is 0 Å². The average molecular weight is 178 g/mol. The zero-order valence-electron chi connectivity index (χ0n) is 7.06. The first-order chi connectivity index (χ1) is 6.36. The van der Waals surface area contributed by atoms with Crippen molar-refractivity contribution in [3.8, 4) is 0 Å². The Hall–Kier alpha value is -1.58. The molecule has 0 aromatic carbocycles. The van der Waals surface area contributed by atoms with E-state index in [0.717, 1.165) is 12.0 Å². The highest BCUT2D eigenvalue weighted by atomic mass is 16.5. The summed E-state index contributed by atoms with van der Waals surface area (Å²) in [4.78, 5) is 14.9. The summed E-state index contributed by atoms with van der Waals surface area (Å²) in [7, 11) is 0. The van der Waals surface area contributed by atoms with Crippen LogP contribution in [-0.4, -0.2) is 17.7 Å². The number of rotatable bonds is 1. The largest absolute Gasteiger partial charge is 0.449 e. The van der Waals surface area contributed by atoms with Gasteiger partial charge in [0.25, 0.3) is 0 Å². The predicted octanol–water partition coefficient (Wildman–Crippen LogP) is 1.25. The maximum absolute atomic E-state index is 10.9. The number of nitrogens with one attached hydrogen (secondary N) is 1. The second-order valence-corrected chi connectivity index (χ2v) is 2.91. The van der Waals surface area contributed by atoms with Crippen molar-refractivity contribution < 1.29 is 9.53 Å². The number of amides is 1. The minimum atomic E-state index is -0.347. The van der Waals surface area contributed by atoms with Crippen LogP contribution in [0.25, 0.3) is 0 Å². The molecule has 4 heteroatoms. The van der Waals surface area contributed by atoms with E-state index in [1.54, 1.807) is 12.4 Å². The number of cyclic esters (lactones) is 1. The number of nitrogens with zero attached hydrogens (tertiary/aromatic N) is 1. The van der Waals surface area contributed by atoms with Crippen molar-refractivity contribution in [2.45, 2.75) is 12.5 Å². The van der Waals surface area contributed by atoms with Crippen molar-refractivity contribution in [1.82, 2.24) is 10.3 Å². The Morgan fingerprint density at radius 2 is 2.54 bits per heavy atom. The second-order valence-electron chi connectivity index (χ2n) is 2.91. The Morgan fingerprint density at radius 3 is 3.23 bits per heavy atom. The molecule has 68 valence electrons. The fourth-order valence-electron chi connectivity index (χ4n) is 1.36. The van der Waals surface area contributed by atoms with Crippen LogP contribution in [0.5, 0.6) is 0 Å². The van der Waals surface area contributed by atoms with Crippen LogP contribution in [-0.2, 0) is 4.74 Å². The highest BCUT2D eigenvalue weighted by molar-refractivity contribution is 5.68. The fourth-order valence-corrected chi connectivity index (χ4v) is 1.36. The van der Waals surface area contributed by atoms with Gasteiger partial charge in [-0.05, 0) is 11.6 Å². The second kappa shape index (κ2) is 3.43. The summed E-state index contributed by atoms with van der Waals surface area (Å²) in [5.74, 6) is 0. The van der Waals surface area contributed by atoms with E-state index in [-0.39, 0.29) is 12.1 Å². The molecule has 1 aromatic rings. The molecule has 1 aromatic heterocycles. The van der Waals surface area contributed by atoms with Crippen molar-refractivity contribution in [3.63, 3.8) is 0 Å². The summed E-state index contributed by atoms with van der Waals surface area (Å²) in [5, 5.41) is 2.73. The van der Waals surface area contributed by atoms with Crippen molar-refractivity contribution in [3.05, 3.63) is 30.1 Å². The van der Waals surface area contributed by atoms with Crippen LogP contribution in [0.2, 0.25) is 0 Å². The van der Waals surface area contributed by atoms with Gasteiger partial charge in [0.2, 0.25) is 0 Å². The van der Waals surface area contributed by atoms with Crippen LogP contribution in [0.15, 0.2) is 24.5 Å². The van der Waals surface area contributed by atoms with Crippen LogP contribution in [0.1, 0.15) is 18.0 Å². The van der Waals surface area contributed by atoms with Gasteiger partial charge >= 0.3 is 6.09 Å². The van der Waals surface area contributed by atoms with Gasteiger partial charge in [-0.3, -0.25) is 4.98 Å². The lowest BCUT2D eigenvalue weighted by Gasteiger charge is -2.23. The zero-order valence-corrected chi connectivity index (χ0v) is 7.06. The molecule has 2 heterocycles. The Labute approximate surface area is 75.9 Å². The van der Waals surface area contributed by atoms with Crippen LogP contribution in [0.3, 0.4) is 0 Å². The van der Waals surface area contributed by atoms with E-state index < -0.39 is 0 Å². The topological polar surface area (TPSA) is 51.2 Å². The molecule has 1 N–H and O–H groups in total. The first-order valence-electron chi connectivity index (χ1n) is 4.19. The molecule has 1 aliphatic heterocycles. The summed E-state index contributed by atoms with van der Waals surface area (Å²) in [6.07, 6.45) is 3.93. The van der Waals surface area contributed by atoms with E-state index >= 15 is 0 Å². The SMILES string of the molecule is O=C1N[C@@H](c2cccnc2)CCO1. The quantitative estimate of drug-likeness (QED) is 0.704. The lowest BCUT2D eigenvalue weighted by atomic mass is 10.1. The third-order valence-corrected chi connectivity index (χ3v) is 2.02. The van der Waals surface area contributed by atoms with E-state index in [9.17, 15) is 4.79 Å². The molecule has 13 heavy (non-hydrogen) atoms. The first-order valence-corrected chi connectivity index (χ1v) is 4.19. The molecule has 0 bridgehead atoms. The minimum Gasteiger partial charge on any atom is -0.449 e. The number of alkyl carbamates (subject to hydrolysis) is 1. The Bertz CT molecular complexity index is 300. The molecule has 1 saturated heterocycles. The van der Waals surface area contributed by atoms with Crippen LogP contribution < -0.4 is 5.32 Å². The fraction of sp³-hybridized carbons (Fsp3) is 0.333. The molecule has 0 unspecified atom stereocenters. The number of carbonyl (C=O) groups excluding carboxylic acids is 1. The maximum Gasteiger partial charge on any atom is 0.407 e. The molecular formula is C9H10N2O2. The van der Waals surface area contributed by atoms with Gasteiger partial charge in [-0.25, -0.2) is 4.79 Å². The predicted molar refractivity (Wildman–Crippen MR) is 46.1 cm³/mol. The maximum atomic E-state index is 10.9. The number of aromatic nitrogens is 1. The Morgan fingerprint density at radius 1 is 1.62 bits per heavy atom. The number of hydrogen-bond donors (Lipinski definition) is 1. The third-order valence-electron chi connectivity index (χ3n) is 2.02. The van der Waals surface area contributed by atoms with Gasteiger partial charge in [0.05, 0.1) is 12.6 Å². The molecule has 0 saturated carbocycles.